The molecule has 1 N–H and O–H groups in total. The van der Waals surface area contributed by atoms with E-state index < -0.39 is 17.6 Å². The fraction of sp³-hybridized carbons (Fsp3) is 0.238. The van der Waals surface area contributed by atoms with Crippen LogP contribution in [0.1, 0.15) is 35.2 Å². The summed E-state index contributed by atoms with van der Waals surface area (Å²) < 4.78 is 33.5. The zero-order valence-corrected chi connectivity index (χ0v) is 16.6. The van der Waals surface area contributed by atoms with E-state index in [1.165, 1.54) is 30.0 Å². The molecule has 0 radical (unpaired) electrons. The van der Waals surface area contributed by atoms with E-state index in [0.717, 1.165) is 11.3 Å². The monoisotopic (exact) mass is 402 g/mol. The molecule has 3 rings (SSSR count). The summed E-state index contributed by atoms with van der Waals surface area (Å²) in [5.41, 5.74) is 1.35. The Balaban J connectivity index is 1.88. The number of rotatable bonds is 6. The number of aromatic amines is 1. The van der Waals surface area contributed by atoms with Gasteiger partial charge < -0.3 is 9.72 Å². The molecule has 0 spiro atoms. The van der Waals surface area contributed by atoms with E-state index >= 15 is 0 Å². The standard InChI is InChI=1S/C21H20F2N2O2S/c1-12(18-16(22)5-4-6-17(18)23)19-13(2)20(26)25-21(24-19)28-11-14-7-9-15(27-3)10-8-14/h4-10,12H,11H2,1-3H3,(H,24,25,26). The molecule has 7 heteroatoms. The molecule has 0 aliphatic rings. The van der Waals surface area contributed by atoms with Crippen LogP contribution in [0.3, 0.4) is 0 Å². The van der Waals surface area contributed by atoms with Crippen LogP contribution in [0.2, 0.25) is 0 Å². The van der Waals surface area contributed by atoms with Gasteiger partial charge in [0.2, 0.25) is 0 Å². The van der Waals surface area contributed by atoms with Crippen LogP contribution in [0.25, 0.3) is 0 Å². The van der Waals surface area contributed by atoms with Gasteiger partial charge in [-0.1, -0.05) is 36.9 Å². The SMILES string of the molecule is COc1ccc(CSc2nc(C(C)c3c(F)cccc3F)c(C)c(=O)[nH]2)cc1. The van der Waals surface area contributed by atoms with Gasteiger partial charge in [-0.2, -0.15) is 0 Å². The van der Waals surface area contributed by atoms with Crippen LogP contribution < -0.4 is 10.3 Å². The quantitative estimate of drug-likeness (QED) is 0.475. The number of H-pyrrole nitrogens is 1. The lowest BCUT2D eigenvalue weighted by atomic mass is 9.94. The van der Waals surface area contributed by atoms with Crippen molar-refractivity contribution in [3.8, 4) is 5.75 Å². The second-order valence-corrected chi connectivity index (χ2v) is 7.34. The highest BCUT2D eigenvalue weighted by molar-refractivity contribution is 7.98. The highest BCUT2D eigenvalue weighted by atomic mass is 32.2. The summed E-state index contributed by atoms with van der Waals surface area (Å²) in [6, 6.07) is 11.3. The summed E-state index contributed by atoms with van der Waals surface area (Å²) in [7, 11) is 1.60. The molecule has 1 unspecified atom stereocenters. The molecule has 1 heterocycles. The van der Waals surface area contributed by atoms with Crippen LogP contribution in [0.4, 0.5) is 8.78 Å². The minimum absolute atomic E-state index is 0.0881. The zero-order chi connectivity index (χ0) is 20.3. The summed E-state index contributed by atoms with van der Waals surface area (Å²) in [4.78, 5) is 19.6. The van der Waals surface area contributed by atoms with Gasteiger partial charge >= 0.3 is 0 Å². The van der Waals surface area contributed by atoms with Gasteiger partial charge in [0.1, 0.15) is 17.4 Å². The molecule has 4 nitrogen and oxygen atoms in total. The molecule has 1 aromatic heterocycles. The van der Waals surface area contributed by atoms with Crippen molar-refractivity contribution < 1.29 is 13.5 Å². The zero-order valence-electron chi connectivity index (χ0n) is 15.8. The molecule has 0 aliphatic heterocycles. The molecule has 0 saturated carbocycles. The number of aromatic nitrogens is 2. The highest BCUT2D eigenvalue weighted by Gasteiger charge is 2.22. The van der Waals surface area contributed by atoms with Crippen LogP contribution in [-0.4, -0.2) is 17.1 Å². The Hall–Kier alpha value is -2.67. The predicted octanol–water partition coefficient (Wildman–Crippen LogP) is 4.81. The van der Waals surface area contributed by atoms with Crippen LogP contribution in [0, 0.1) is 18.6 Å². The van der Waals surface area contributed by atoms with E-state index in [9.17, 15) is 13.6 Å². The van der Waals surface area contributed by atoms with E-state index in [1.807, 2.05) is 24.3 Å². The van der Waals surface area contributed by atoms with Gasteiger partial charge in [-0.05, 0) is 36.8 Å². The molecule has 0 saturated heterocycles. The highest BCUT2D eigenvalue weighted by Crippen LogP contribution is 2.30. The lowest BCUT2D eigenvalue weighted by molar-refractivity contribution is 0.414. The van der Waals surface area contributed by atoms with E-state index in [4.69, 9.17) is 4.74 Å². The Bertz CT molecular complexity index is 1020. The number of methoxy groups -OCH3 is 1. The van der Waals surface area contributed by atoms with Crippen molar-refractivity contribution >= 4 is 11.8 Å². The fourth-order valence-corrected chi connectivity index (χ4v) is 3.78. The van der Waals surface area contributed by atoms with Crippen molar-refractivity contribution in [3.05, 3.63) is 86.8 Å². The number of nitrogens with one attached hydrogen (secondary N) is 1. The lowest BCUT2D eigenvalue weighted by Gasteiger charge is -2.16. The van der Waals surface area contributed by atoms with Gasteiger partial charge in [-0.15, -0.1) is 0 Å². The van der Waals surface area contributed by atoms with Gasteiger partial charge in [0.05, 0.1) is 12.8 Å². The normalized spacial score (nSPS) is 12.0. The molecule has 0 bridgehead atoms. The van der Waals surface area contributed by atoms with Gasteiger partial charge in [-0.25, -0.2) is 13.8 Å². The third-order valence-electron chi connectivity index (χ3n) is 4.54. The Morgan fingerprint density at radius 3 is 2.39 bits per heavy atom. The fourth-order valence-electron chi connectivity index (χ4n) is 2.95. The average molecular weight is 402 g/mol. The topological polar surface area (TPSA) is 55.0 Å². The van der Waals surface area contributed by atoms with E-state index in [1.54, 1.807) is 21.0 Å². The smallest absolute Gasteiger partial charge is 0.254 e. The number of halogens is 2. The molecule has 0 aliphatic carbocycles. The molecular weight excluding hydrogens is 382 g/mol. The number of ether oxygens (including phenoxy) is 1. The Morgan fingerprint density at radius 2 is 1.79 bits per heavy atom. The summed E-state index contributed by atoms with van der Waals surface area (Å²) in [5.74, 6) is -0.650. The van der Waals surface area contributed by atoms with Gasteiger partial charge in [-0.3, -0.25) is 4.79 Å². The first-order valence-electron chi connectivity index (χ1n) is 8.71. The van der Waals surface area contributed by atoms with Crippen molar-refractivity contribution in [2.45, 2.75) is 30.7 Å². The first kappa shape index (κ1) is 20.1. The van der Waals surface area contributed by atoms with Crippen molar-refractivity contribution in [2.75, 3.05) is 7.11 Å². The number of hydrogen-bond acceptors (Lipinski definition) is 4. The average Bonchev–Trinajstić information content (AvgIpc) is 2.68. The predicted molar refractivity (Wildman–Crippen MR) is 106 cm³/mol. The minimum atomic E-state index is -0.691. The molecule has 146 valence electrons. The maximum Gasteiger partial charge on any atom is 0.254 e. The summed E-state index contributed by atoms with van der Waals surface area (Å²) in [5, 5.41) is 0.407. The number of nitrogens with zero attached hydrogens (tertiary/aromatic N) is 1. The summed E-state index contributed by atoms with van der Waals surface area (Å²) in [6.07, 6.45) is 0. The van der Waals surface area contributed by atoms with E-state index in [0.29, 0.717) is 22.2 Å². The maximum absolute atomic E-state index is 14.2. The van der Waals surface area contributed by atoms with Crippen molar-refractivity contribution in [3.63, 3.8) is 0 Å². The van der Waals surface area contributed by atoms with Gasteiger partial charge in [0, 0.05) is 22.8 Å². The van der Waals surface area contributed by atoms with E-state index in [-0.39, 0.29) is 11.1 Å². The van der Waals surface area contributed by atoms with Gasteiger partial charge in [0.15, 0.2) is 5.16 Å². The first-order valence-corrected chi connectivity index (χ1v) is 9.69. The number of benzene rings is 2. The molecular formula is C21H20F2N2O2S. The van der Waals surface area contributed by atoms with Crippen LogP contribution >= 0.6 is 11.8 Å². The molecule has 3 aromatic rings. The first-order chi connectivity index (χ1) is 13.4. The summed E-state index contributed by atoms with van der Waals surface area (Å²) >= 11 is 1.35. The molecule has 0 amide bonds. The van der Waals surface area contributed by atoms with Crippen molar-refractivity contribution in [1.29, 1.82) is 0 Å². The third kappa shape index (κ3) is 4.25. The van der Waals surface area contributed by atoms with Crippen molar-refractivity contribution in [1.82, 2.24) is 9.97 Å². The second kappa shape index (κ2) is 8.56. The minimum Gasteiger partial charge on any atom is -0.497 e. The van der Waals surface area contributed by atoms with Crippen LogP contribution in [-0.2, 0) is 5.75 Å². The van der Waals surface area contributed by atoms with Crippen LogP contribution in [0.15, 0.2) is 52.4 Å². The van der Waals surface area contributed by atoms with Crippen LogP contribution in [0.5, 0.6) is 5.75 Å². The lowest BCUT2D eigenvalue weighted by Crippen LogP contribution is -2.18. The van der Waals surface area contributed by atoms with Gasteiger partial charge in [0.25, 0.3) is 5.56 Å². The molecule has 0 fully saturated rings. The number of hydrogen-bond donors (Lipinski definition) is 1. The molecule has 1 atom stereocenters. The largest absolute Gasteiger partial charge is 0.497 e. The summed E-state index contributed by atoms with van der Waals surface area (Å²) in [6.45, 7) is 3.25. The van der Waals surface area contributed by atoms with Crippen molar-refractivity contribution in [2.24, 2.45) is 0 Å². The Morgan fingerprint density at radius 1 is 1.14 bits per heavy atom. The molecule has 28 heavy (non-hydrogen) atoms. The number of thioether (sulfide) groups is 1. The van der Waals surface area contributed by atoms with E-state index in [2.05, 4.69) is 9.97 Å². The second-order valence-electron chi connectivity index (χ2n) is 6.38. The Labute approximate surface area is 166 Å². The Kier molecular flexibility index (Phi) is 6.14. The third-order valence-corrected chi connectivity index (χ3v) is 5.49. The maximum atomic E-state index is 14.2. The molecule has 2 aromatic carbocycles.